The maximum Gasteiger partial charge on any atom is 0.422 e. The van der Waals surface area contributed by atoms with Crippen LogP contribution in [0, 0.1) is 43.6 Å². The number of rotatable bonds is 10. The minimum atomic E-state index is -4.68. The quantitative estimate of drug-likeness (QED) is 0.350. The zero-order valence-corrected chi connectivity index (χ0v) is 21.7. The van der Waals surface area contributed by atoms with Gasteiger partial charge in [-0.05, 0) is 37.2 Å². The van der Waals surface area contributed by atoms with Gasteiger partial charge in [0.15, 0.2) is 0 Å². The van der Waals surface area contributed by atoms with E-state index in [2.05, 4.69) is 18.9 Å². The van der Waals surface area contributed by atoms with Crippen molar-refractivity contribution in [1.29, 1.82) is 0 Å². The monoisotopic (exact) mass is 636 g/mol. The van der Waals surface area contributed by atoms with Crippen molar-refractivity contribution in [3.05, 3.63) is 39.5 Å². The van der Waals surface area contributed by atoms with E-state index >= 15 is 0 Å². The number of nitrogens with one attached hydrogen (secondary N) is 1. The van der Waals surface area contributed by atoms with Gasteiger partial charge in [0.05, 0.1) is 11.7 Å². The molecule has 2 unspecified atom stereocenters. The molecule has 29 heavy (non-hydrogen) atoms. The van der Waals surface area contributed by atoms with E-state index in [1.165, 1.54) is 25.7 Å². The number of fused-ring (bicyclic) bond motifs is 1. The van der Waals surface area contributed by atoms with Crippen molar-refractivity contribution in [2.75, 3.05) is 7.05 Å². The fraction of sp³-hybridized carbons (Fsp3) is 0.714. The molecule has 1 aromatic rings. The van der Waals surface area contributed by atoms with Crippen LogP contribution in [0.25, 0.3) is 0 Å². The number of alkyl halides is 3. The molecule has 0 aromatic carbocycles. The third-order valence-electron chi connectivity index (χ3n) is 5.77. The third-order valence-corrected chi connectivity index (χ3v) is 5.77. The molecule has 0 saturated carbocycles. The minimum absolute atomic E-state index is 0. The van der Waals surface area contributed by atoms with Crippen molar-refractivity contribution in [3.8, 4) is 0 Å². The van der Waals surface area contributed by atoms with Gasteiger partial charge in [-0.15, -0.1) is 0 Å². The molecule has 162 valence electrons. The summed E-state index contributed by atoms with van der Waals surface area (Å²) in [5.41, 5.74) is -1.34. The summed E-state index contributed by atoms with van der Waals surface area (Å²) in [4.78, 5) is 13.5. The van der Waals surface area contributed by atoms with Crippen LogP contribution in [-0.4, -0.2) is 22.1 Å². The average Bonchev–Trinajstić information content (AvgIpc) is 3.05. The van der Waals surface area contributed by atoms with Gasteiger partial charge in [0, 0.05) is 38.2 Å². The van der Waals surface area contributed by atoms with Gasteiger partial charge in [-0.1, -0.05) is 46.0 Å². The van der Waals surface area contributed by atoms with Gasteiger partial charge in [0.25, 0.3) is 5.56 Å². The van der Waals surface area contributed by atoms with Gasteiger partial charge < -0.3 is 11.5 Å². The molecule has 4 nitrogen and oxygen atoms in total. The van der Waals surface area contributed by atoms with Crippen LogP contribution in [0.15, 0.2) is 10.5 Å². The summed E-state index contributed by atoms with van der Waals surface area (Å²) in [6.07, 6.45) is 3.52. The van der Waals surface area contributed by atoms with Crippen LogP contribution in [-0.2, 0) is 12.6 Å². The second kappa shape index (κ2) is 11.6. The Kier molecular flexibility index (Phi) is 10.5. The Balaban J connectivity index is 0.00000420. The Labute approximate surface area is 195 Å². The van der Waals surface area contributed by atoms with Crippen LogP contribution in [0.1, 0.15) is 88.1 Å². The molecule has 2 rings (SSSR count). The molecular formula is C21H31F3N3OU-. The Morgan fingerprint density at radius 1 is 1.28 bits per heavy atom. The number of H-pyrrole nitrogens is 1. The first kappa shape index (κ1) is 26.3. The molecule has 1 aliphatic carbocycles. The minimum Gasteiger partial charge on any atom is -0.493 e. The van der Waals surface area contributed by atoms with E-state index in [9.17, 15) is 18.0 Å². The molecule has 2 atom stereocenters. The summed E-state index contributed by atoms with van der Waals surface area (Å²) in [6.45, 7) is 10.7. The normalized spacial score (nSPS) is 16.8. The molecule has 0 radical (unpaired) electrons. The predicted molar refractivity (Wildman–Crippen MR) is 104 cm³/mol. The van der Waals surface area contributed by atoms with Gasteiger partial charge >= 0.3 is 6.18 Å². The molecule has 0 bridgehead atoms. The van der Waals surface area contributed by atoms with Crippen LogP contribution in [0.3, 0.4) is 0 Å². The van der Waals surface area contributed by atoms with Crippen molar-refractivity contribution in [3.63, 3.8) is 0 Å². The van der Waals surface area contributed by atoms with Crippen LogP contribution >= 0.6 is 0 Å². The van der Waals surface area contributed by atoms with Gasteiger partial charge in [-0.25, -0.2) is 5.10 Å². The molecule has 8 heteroatoms. The van der Waals surface area contributed by atoms with Gasteiger partial charge in [-0.3, -0.25) is 4.79 Å². The molecule has 0 aliphatic heterocycles. The molecule has 0 fully saturated rings. The number of aromatic amines is 1. The summed E-state index contributed by atoms with van der Waals surface area (Å²) in [6, 6.07) is -0.340. The summed E-state index contributed by atoms with van der Waals surface area (Å²) >= 11 is 0. The Morgan fingerprint density at radius 3 is 2.55 bits per heavy atom. The molecule has 1 heterocycles. The number of nitrogens with zero attached hydrogens (tertiary/aromatic N) is 2. The van der Waals surface area contributed by atoms with E-state index in [-0.39, 0.29) is 54.8 Å². The summed E-state index contributed by atoms with van der Waals surface area (Å²) in [5, 5.41) is 5.95. The van der Waals surface area contributed by atoms with E-state index in [1.54, 1.807) is 7.05 Å². The molecule has 1 aliphatic rings. The number of halogens is 3. The van der Waals surface area contributed by atoms with E-state index in [0.717, 1.165) is 12.8 Å². The smallest absolute Gasteiger partial charge is 0.422 e. The SMILES string of the molecule is [CH-]=C(CCC(CCC)CCCC)N(C)C1CCc2c1n[nH]c(=O)c2C(F)(F)F.[U]. The van der Waals surface area contributed by atoms with Crippen molar-refractivity contribution < 1.29 is 44.3 Å². The number of hydrogen-bond acceptors (Lipinski definition) is 3. The van der Waals surface area contributed by atoms with E-state index in [1.807, 2.05) is 10.00 Å². The fourth-order valence-electron chi connectivity index (χ4n) is 4.19. The first-order valence-corrected chi connectivity index (χ1v) is 10.2. The number of unbranched alkanes of at least 4 members (excludes halogenated alkanes) is 1. The second-order valence-corrected chi connectivity index (χ2v) is 7.78. The van der Waals surface area contributed by atoms with Gasteiger partial charge in [0.1, 0.15) is 5.56 Å². The van der Waals surface area contributed by atoms with Crippen molar-refractivity contribution >= 4 is 0 Å². The Bertz CT molecular complexity index is 733. The first-order chi connectivity index (χ1) is 13.2. The van der Waals surface area contributed by atoms with Crippen LogP contribution < -0.4 is 5.56 Å². The van der Waals surface area contributed by atoms with Crippen LogP contribution in [0.2, 0.25) is 0 Å². The van der Waals surface area contributed by atoms with E-state index in [4.69, 9.17) is 6.58 Å². The maximum atomic E-state index is 13.3. The largest absolute Gasteiger partial charge is 0.493 e. The molecule has 1 aromatic heterocycles. The second-order valence-electron chi connectivity index (χ2n) is 7.78. The van der Waals surface area contributed by atoms with Crippen molar-refractivity contribution in [2.45, 2.75) is 83.9 Å². The molecule has 0 saturated heterocycles. The average molecular weight is 637 g/mol. The summed E-state index contributed by atoms with van der Waals surface area (Å²) in [5.74, 6) is 0.624. The number of allylic oxidation sites excluding steroid dienone is 1. The van der Waals surface area contributed by atoms with Crippen LogP contribution in [0.5, 0.6) is 0 Å². The zero-order chi connectivity index (χ0) is 20.9. The van der Waals surface area contributed by atoms with E-state index < -0.39 is 17.3 Å². The third kappa shape index (κ3) is 6.62. The summed E-state index contributed by atoms with van der Waals surface area (Å²) in [7, 11) is 1.80. The summed E-state index contributed by atoms with van der Waals surface area (Å²) < 4.78 is 39.9. The topological polar surface area (TPSA) is 49.0 Å². The Hall–Kier alpha value is -0.738. The predicted octanol–water partition coefficient (Wildman–Crippen LogP) is 5.41. The number of hydrogen-bond donors (Lipinski definition) is 1. The van der Waals surface area contributed by atoms with Gasteiger partial charge in [0.2, 0.25) is 0 Å². The van der Waals surface area contributed by atoms with Crippen molar-refractivity contribution in [1.82, 2.24) is 15.1 Å². The molecule has 0 spiro atoms. The van der Waals surface area contributed by atoms with E-state index in [0.29, 0.717) is 24.5 Å². The van der Waals surface area contributed by atoms with Crippen LogP contribution in [0.4, 0.5) is 13.2 Å². The molecular weight excluding hydrogens is 605 g/mol. The first-order valence-electron chi connectivity index (χ1n) is 10.2. The zero-order valence-electron chi connectivity index (χ0n) is 17.5. The molecule has 1 N–H and O–H groups in total. The standard InChI is InChI=1S/C21H31F3N3O.U/c1-5-7-9-15(8-6-2)11-10-14(3)27(4)17-13-12-16-18(21(22,23)24)20(28)26-25-19(16)17;/h3,15,17H,5-13H2,1-2,4H3,(H,26,28);/q-1;. The van der Waals surface area contributed by atoms with Gasteiger partial charge in [-0.2, -0.15) is 24.0 Å². The fourth-order valence-corrected chi connectivity index (χ4v) is 4.19. The molecule has 0 amide bonds. The number of aromatic nitrogens is 2. The van der Waals surface area contributed by atoms with Crippen molar-refractivity contribution in [2.24, 2.45) is 5.92 Å². The Morgan fingerprint density at radius 2 is 1.97 bits per heavy atom. The maximum absolute atomic E-state index is 13.3.